The minimum Gasteiger partial charge on any atom is -0.381 e. The lowest BCUT2D eigenvalue weighted by Gasteiger charge is -2.18. The van der Waals surface area contributed by atoms with Gasteiger partial charge < -0.3 is 10.1 Å². The molecule has 0 saturated heterocycles. The largest absolute Gasteiger partial charge is 0.381 e. The zero-order chi connectivity index (χ0) is 14.9. The molecular formula is C19H31NO. The van der Waals surface area contributed by atoms with Gasteiger partial charge in [-0.3, -0.25) is 0 Å². The molecule has 1 aromatic rings. The molecule has 0 heterocycles. The van der Waals surface area contributed by atoms with E-state index in [1.165, 1.54) is 43.2 Å². The summed E-state index contributed by atoms with van der Waals surface area (Å²) in [6.45, 7) is 7.35. The van der Waals surface area contributed by atoms with Gasteiger partial charge in [0.25, 0.3) is 0 Å². The molecule has 2 heteroatoms. The van der Waals surface area contributed by atoms with Gasteiger partial charge in [-0.05, 0) is 57.1 Å². The smallest absolute Gasteiger partial charge is 0.0469 e. The first-order chi connectivity index (χ1) is 10.3. The van der Waals surface area contributed by atoms with Crippen molar-refractivity contribution in [2.24, 2.45) is 5.92 Å². The van der Waals surface area contributed by atoms with Crippen LogP contribution < -0.4 is 5.32 Å². The SMILES string of the molecule is CCCCOCCC(CNC1CC1)Cc1cccc(C)c1. The van der Waals surface area contributed by atoms with Gasteiger partial charge in [0.1, 0.15) is 0 Å². The Kier molecular flexibility index (Phi) is 7.25. The van der Waals surface area contributed by atoms with E-state index < -0.39 is 0 Å². The molecule has 21 heavy (non-hydrogen) atoms. The summed E-state index contributed by atoms with van der Waals surface area (Å²) in [4.78, 5) is 0. The third-order valence-corrected chi connectivity index (χ3v) is 4.19. The van der Waals surface area contributed by atoms with Crippen molar-refractivity contribution in [1.29, 1.82) is 0 Å². The van der Waals surface area contributed by atoms with Crippen LogP contribution in [0.2, 0.25) is 0 Å². The Balaban J connectivity index is 1.76. The zero-order valence-corrected chi connectivity index (χ0v) is 13.7. The molecule has 1 saturated carbocycles. The zero-order valence-electron chi connectivity index (χ0n) is 13.7. The van der Waals surface area contributed by atoms with Gasteiger partial charge >= 0.3 is 0 Å². The normalized spacial score (nSPS) is 16.1. The molecule has 0 spiro atoms. The number of hydrogen-bond acceptors (Lipinski definition) is 2. The van der Waals surface area contributed by atoms with E-state index in [-0.39, 0.29) is 0 Å². The average molecular weight is 289 g/mol. The maximum absolute atomic E-state index is 5.76. The van der Waals surface area contributed by atoms with E-state index in [2.05, 4.69) is 43.4 Å². The Hall–Kier alpha value is -0.860. The lowest BCUT2D eigenvalue weighted by molar-refractivity contribution is 0.117. The highest BCUT2D eigenvalue weighted by molar-refractivity contribution is 5.22. The predicted molar refractivity (Wildman–Crippen MR) is 89.7 cm³/mol. The Labute approximate surface area is 130 Å². The highest BCUT2D eigenvalue weighted by atomic mass is 16.5. The van der Waals surface area contributed by atoms with Crippen molar-refractivity contribution in [1.82, 2.24) is 5.32 Å². The van der Waals surface area contributed by atoms with Crippen LogP contribution in [0.1, 0.15) is 50.2 Å². The van der Waals surface area contributed by atoms with Crippen LogP contribution in [0.5, 0.6) is 0 Å². The highest BCUT2D eigenvalue weighted by Crippen LogP contribution is 2.20. The molecule has 0 amide bonds. The molecule has 1 unspecified atom stereocenters. The van der Waals surface area contributed by atoms with Gasteiger partial charge in [0.15, 0.2) is 0 Å². The van der Waals surface area contributed by atoms with Crippen molar-refractivity contribution in [2.45, 2.75) is 58.4 Å². The molecule has 2 nitrogen and oxygen atoms in total. The van der Waals surface area contributed by atoms with Crippen LogP contribution in [-0.2, 0) is 11.2 Å². The van der Waals surface area contributed by atoms with Crippen LogP contribution in [0.15, 0.2) is 24.3 Å². The van der Waals surface area contributed by atoms with E-state index in [1.807, 2.05) is 0 Å². The van der Waals surface area contributed by atoms with Gasteiger partial charge in [0.05, 0.1) is 0 Å². The number of hydrogen-bond donors (Lipinski definition) is 1. The van der Waals surface area contributed by atoms with Gasteiger partial charge in [-0.1, -0.05) is 43.2 Å². The third kappa shape index (κ3) is 7.10. The first kappa shape index (κ1) is 16.5. The molecule has 1 aliphatic carbocycles. The van der Waals surface area contributed by atoms with Crippen molar-refractivity contribution in [3.63, 3.8) is 0 Å². The standard InChI is InChI=1S/C19H31NO/c1-3-4-11-21-12-10-18(15-20-19-8-9-19)14-17-7-5-6-16(2)13-17/h5-7,13,18-20H,3-4,8-12,14-15H2,1-2H3. The summed E-state index contributed by atoms with van der Waals surface area (Å²) in [5, 5.41) is 3.69. The summed E-state index contributed by atoms with van der Waals surface area (Å²) in [6.07, 6.45) is 7.46. The molecule has 1 aliphatic rings. The van der Waals surface area contributed by atoms with Crippen LogP contribution in [-0.4, -0.2) is 25.8 Å². The molecule has 0 bridgehead atoms. The van der Waals surface area contributed by atoms with Crippen molar-refractivity contribution < 1.29 is 4.74 Å². The van der Waals surface area contributed by atoms with Crippen LogP contribution in [0.3, 0.4) is 0 Å². The highest BCUT2D eigenvalue weighted by Gasteiger charge is 2.22. The van der Waals surface area contributed by atoms with E-state index in [0.717, 1.165) is 32.2 Å². The van der Waals surface area contributed by atoms with Crippen LogP contribution >= 0.6 is 0 Å². The molecule has 0 aromatic heterocycles. The van der Waals surface area contributed by atoms with Gasteiger partial charge in [-0.2, -0.15) is 0 Å². The van der Waals surface area contributed by atoms with Crippen molar-refractivity contribution >= 4 is 0 Å². The maximum Gasteiger partial charge on any atom is 0.0469 e. The summed E-state index contributed by atoms with van der Waals surface area (Å²) >= 11 is 0. The van der Waals surface area contributed by atoms with E-state index in [9.17, 15) is 0 Å². The number of rotatable bonds is 11. The lowest BCUT2D eigenvalue weighted by Crippen LogP contribution is -2.27. The van der Waals surface area contributed by atoms with Gasteiger partial charge in [0, 0.05) is 19.3 Å². The number of ether oxygens (including phenoxy) is 1. The summed E-state index contributed by atoms with van der Waals surface area (Å²) in [7, 11) is 0. The van der Waals surface area contributed by atoms with Gasteiger partial charge in [-0.25, -0.2) is 0 Å². The molecule has 1 N–H and O–H groups in total. The summed E-state index contributed by atoms with van der Waals surface area (Å²) in [5.74, 6) is 0.689. The van der Waals surface area contributed by atoms with E-state index in [0.29, 0.717) is 5.92 Å². The topological polar surface area (TPSA) is 21.3 Å². The van der Waals surface area contributed by atoms with Crippen LogP contribution in [0, 0.1) is 12.8 Å². The van der Waals surface area contributed by atoms with Gasteiger partial charge in [-0.15, -0.1) is 0 Å². The Morgan fingerprint density at radius 2 is 2.14 bits per heavy atom. The summed E-state index contributed by atoms with van der Waals surface area (Å²) < 4.78 is 5.76. The minimum absolute atomic E-state index is 0.689. The minimum atomic E-state index is 0.689. The number of unbranched alkanes of at least 4 members (excludes halogenated alkanes) is 1. The second-order valence-corrected chi connectivity index (χ2v) is 6.50. The van der Waals surface area contributed by atoms with Crippen LogP contribution in [0.4, 0.5) is 0 Å². The fraction of sp³-hybridized carbons (Fsp3) is 0.684. The Morgan fingerprint density at radius 3 is 2.86 bits per heavy atom. The fourth-order valence-corrected chi connectivity index (χ4v) is 2.67. The second kappa shape index (κ2) is 9.22. The lowest BCUT2D eigenvalue weighted by atomic mass is 9.95. The molecule has 1 fully saturated rings. The summed E-state index contributed by atoms with van der Waals surface area (Å²) in [6, 6.07) is 9.73. The molecular weight excluding hydrogens is 258 g/mol. The van der Waals surface area contributed by atoms with Crippen LogP contribution in [0.25, 0.3) is 0 Å². The Bertz CT molecular complexity index is 400. The van der Waals surface area contributed by atoms with Gasteiger partial charge in [0.2, 0.25) is 0 Å². The first-order valence-corrected chi connectivity index (χ1v) is 8.64. The van der Waals surface area contributed by atoms with Crippen molar-refractivity contribution in [3.8, 4) is 0 Å². The molecule has 1 aromatic carbocycles. The van der Waals surface area contributed by atoms with Crippen molar-refractivity contribution in [3.05, 3.63) is 35.4 Å². The molecule has 2 rings (SSSR count). The third-order valence-electron chi connectivity index (χ3n) is 4.19. The molecule has 0 radical (unpaired) electrons. The fourth-order valence-electron chi connectivity index (χ4n) is 2.67. The maximum atomic E-state index is 5.76. The quantitative estimate of drug-likeness (QED) is 0.619. The molecule has 118 valence electrons. The summed E-state index contributed by atoms with van der Waals surface area (Å²) in [5.41, 5.74) is 2.83. The van der Waals surface area contributed by atoms with Crippen molar-refractivity contribution in [2.75, 3.05) is 19.8 Å². The monoisotopic (exact) mass is 289 g/mol. The Morgan fingerprint density at radius 1 is 1.29 bits per heavy atom. The second-order valence-electron chi connectivity index (χ2n) is 6.50. The molecule has 1 atom stereocenters. The molecule has 0 aliphatic heterocycles. The predicted octanol–water partition coefficient (Wildman–Crippen LogP) is 4.11. The van der Waals surface area contributed by atoms with E-state index in [1.54, 1.807) is 0 Å². The average Bonchev–Trinajstić information content (AvgIpc) is 3.28. The number of benzene rings is 1. The first-order valence-electron chi connectivity index (χ1n) is 8.64. The number of aryl methyl sites for hydroxylation is 1. The number of nitrogens with one attached hydrogen (secondary N) is 1. The van der Waals surface area contributed by atoms with E-state index >= 15 is 0 Å². The van der Waals surface area contributed by atoms with E-state index in [4.69, 9.17) is 4.74 Å².